The Morgan fingerprint density at radius 3 is 1.27 bits per heavy atom. The SMILES string of the molecule is B(c1ccccc1)N(c1ccccc1)c1ccccc1.O.O. The maximum Gasteiger partial charge on any atom is 0.275 e. The van der Waals surface area contributed by atoms with E-state index >= 15 is 0 Å². The summed E-state index contributed by atoms with van der Waals surface area (Å²) in [5.74, 6) is 0. The van der Waals surface area contributed by atoms with E-state index in [2.05, 4.69) is 95.8 Å². The molecule has 0 bridgehead atoms. The molecule has 3 aromatic rings. The van der Waals surface area contributed by atoms with Gasteiger partial charge in [0.05, 0.1) is 0 Å². The van der Waals surface area contributed by atoms with Crippen molar-refractivity contribution in [3.63, 3.8) is 0 Å². The van der Waals surface area contributed by atoms with Crippen molar-refractivity contribution in [3.8, 4) is 0 Å². The predicted octanol–water partition coefficient (Wildman–Crippen LogP) is 1.85. The number of hydrogen-bond donors (Lipinski definition) is 0. The maximum atomic E-state index is 2.33. The summed E-state index contributed by atoms with van der Waals surface area (Å²) in [4.78, 5) is 2.33. The lowest BCUT2D eigenvalue weighted by Gasteiger charge is -2.24. The maximum absolute atomic E-state index is 2.33. The van der Waals surface area contributed by atoms with Gasteiger partial charge in [-0.25, -0.2) is 0 Å². The Kier molecular flexibility index (Phi) is 6.90. The highest BCUT2D eigenvalue weighted by Gasteiger charge is 2.10. The molecule has 0 aliphatic heterocycles. The van der Waals surface area contributed by atoms with Gasteiger partial charge in [0, 0.05) is 11.4 Å². The molecule has 3 rings (SSSR count). The summed E-state index contributed by atoms with van der Waals surface area (Å²) in [6, 6.07) is 31.6. The van der Waals surface area contributed by atoms with Crippen LogP contribution in [0.3, 0.4) is 0 Å². The van der Waals surface area contributed by atoms with E-state index in [1.165, 1.54) is 16.8 Å². The van der Waals surface area contributed by atoms with Gasteiger partial charge in [0.2, 0.25) is 0 Å². The summed E-state index contributed by atoms with van der Waals surface area (Å²) in [6.07, 6.45) is 0. The van der Waals surface area contributed by atoms with E-state index < -0.39 is 0 Å². The fourth-order valence-electron chi connectivity index (χ4n) is 2.31. The second-order valence-electron chi connectivity index (χ2n) is 4.74. The van der Waals surface area contributed by atoms with Gasteiger partial charge < -0.3 is 15.8 Å². The third-order valence-corrected chi connectivity index (χ3v) is 3.32. The van der Waals surface area contributed by atoms with Crippen LogP contribution < -0.4 is 10.3 Å². The molecule has 0 fully saturated rings. The van der Waals surface area contributed by atoms with Gasteiger partial charge in [0.1, 0.15) is 0 Å². The molecule has 112 valence electrons. The number of para-hydroxylation sites is 2. The summed E-state index contributed by atoms with van der Waals surface area (Å²) < 4.78 is 0. The molecule has 0 aromatic heterocycles. The van der Waals surface area contributed by atoms with E-state index in [4.69, 9.17) is 0 Å². The Labute approximate surface area is 131 Å². The Morgan fingerprint density at radius 1 is 0.500 bits per heavy atom. The number of benzene rings is 3. The first-order valence-electron chi connectivity index (χ1n) is 6.85. The zero-order valence-electron chi connectivity index (χ0n) is 12.3. The molecule has 0 amide bonds. The average molecular weight is 293 g/mol. The summed E-state index contributed by atoms with van der Waals surface area (Å²) in [6.45, 7) is 0. The zero-order chi connectivity index (χ0) is 13.6. The molecule has 0 radical (unpaired) electrons. The molecule has 0 heterocycles. The summed E-state index contributed by atoms with van der Waals surface area (Å²) >= 11 is 0. The minimum Gasteiger partial charge on any atom is -0.412 e. The van der Waals surface area contributed by atoms with Gasteiger partial charge in [-0.3, -0.25) is 0 Å². The molecule has 0 saturated heterocycles. The van der Waals surface area contributed by atoms with E-state index in [9.17, 15) is 0 Å². The lowest BCUT2D eigenvalue weighted by atomic mass is 9.79. The van der Waals surface area contributed by atoms with Crippen LogP contribution in [-0.2, 0) is 0 Å². The monoisotopic (exact) mass is 293 g/mol. The fourth-order valence-corrected chi connectivity index (χ4v) is 2.31. The largest absolute Gasteiger partial charge is 0.412 e. The van der Waals surface area contributed by atoms with Gasteiger partial charge >= 0.3 is 0 Å². The summed E-state index contributed by atoms with van der Waals surface area (Å²) in [5.41, 5.74) is 3.73. The van der Waals surface area contributed by atoms with Gasteiger partial charge in [-0.2, -0.15) is 0 Å². The topological polar surface area (TPSA) is 66.2 Å². The first-order chi connectivity index (χ1) is 9.93. The summed E-state index contributed by atoms with van der Waals surface area (Å²) in [5, 5.41) is 0. The van der Waals surface area contributed by atoms with Crippen LogP contribution in [0.4, 0.5) is 11.4 Å². The van der Waals surface area contributed by atoms with Crippen molar-refractivity contribution in [2.24, 2.45) is 0 Å². The van der Waals surface area contributed by atoms with Gasteiger partial charge in [-0.15, -0.1) is 0 Å². The minimum absolute atomic E-state index is 0. The van der Waals surface area contributed by atoms with Crippen LogP contribution in [0.5, 0.6) is 0 Å². The van der Waals surface area contributed by atoms with Crippen molar-refractivity contribution >= 4 is 24.3 Å². The first-order valence-corrected chi connectivity index (χ1v) is 6.85. The van der Waals surface area contributed by atoms with E-state index in [0.29, 0.717) is 0 Å². The highest BCUT2D eigenvalue weighted by molar-refractivity contribution is 6.59. The third-order valence-electron chi connectivity index (χ3n) is 3.32. The molecule has 0 aliphatic carbocycles. The molecule has 0 unspecified atom stereocenters. The van der Waals surface area contributed by atoms with Crippen molar-refractivity contribution < 1.29 is 11.0 Å². The van der Waals surface area contributed by atoms with Crippen LogP contribution >= 0.6 is 0 Å². The molecule has 3 nitrogen and oxygen atoms in total. The van der Waals surface area contributed by atoms with Gasteiger partial charge in [-0.05, 0) is 24.3 Å². The van der Waals surface area contributed by atoms with Crippen LogP contribution in [0.25, 0.3) is 0 Å². The predicted molar refractivity (Wildman–Crippen MR) is 95.5 cm³/mol. The van der Waals surface area contributed by atoms with Gasteiger partial charge in [0.25, 0.3) is 7.41 Å². The van der Waals surface area contributed by atoms with Crippen molar-refractivity contribution in [3.05, 3.63) is 91.0 Å². The molecule has 0 aliphatic rings. The minimum atomic E-state index is 0. The van der Waals surface area contributed by atoms with Crippen LogP contribution in [0.1, 0.15) is 0 Å². The molecule has 3 aromatic carbocycles. The molecular formula is C18H20BNO2. The quantitative estimate of drug-likeness (QED) is 0.677. The normalized spacial score (nSPS) is 9.09. The third kappa shape index (κ3) is 4.22. The molecule has 0 spiro atoms. The smallest absolute Gasteiger partial charge is 0.275 e. The zero-order valence-corrected chi connectivity index (χ0v) is 12.3. The molecule has 22 heavy (non-hydrogen) atoms. The molecule has 4 heteroatoms. The lowest BCUT2D eigenvalue weighted by molar-refractivity contribution is 0.823. The van der Waals surface area contributed by atoms with Crippen LogP contribution in [0, 0.1) is 0 Å². The van der Waals surface area contributed by atoms with Gasteiger partial charge in [-0.1, -0.05) is 72.2 Å². The van der Waals surface area contributed by atoms with Gasteiger partial charge in [0.15, 0.2) is 0 Å². The number of hydrogen-bond acceptors (Lipinski definition) is 1. The number of rotatable bonds is 4. The Bertz CT molecular complexity index is 608. The fraction of sp³-hybridized carbons (Fsp3) is 0. The molecule has 4 N–H and O–H groups in total. The van der Waals surface area contributed by atoms with E-state index in [0.717, 1.165) is 7.41 Å². The Balaban J connectivity index is 0.00000121. The highest BCUT2D eigenvalue weighted by atomic mass is 16.0. The van der Waals surface area contributed by atoms with Crippen LogP contribution in [-0.4, -0.2) is 18.4 Å². The number of anilines is 2. The standard InChI is InChI=1S/C18H16BN.2H2O/c1-4-10-16(11-5-1)19-20(17-12-6-2-7-13-17)18-14-8-3-9-15-18;;/h1-15,19H;2*1H2. The second-order valence-corrected chi connectivity index (χ2v) is 4.74. The van der Waals surface area contributed by atoms with Crippen molar-refractivity contribution in [2.45, 2.75) is 0 Å². The van der Waals surface area contributed by atoms with Crippen LogP contribution in [0.15, 0.2) is 91.0 Å². The van der Waals surface area contributed by atoms with Crippen molar-refractivity contribution in [1.29, 1.82) is 0 Å². The van der Waals surface area contributed by atoms with Crippen molar-refractivity contribution in [2.75, 3.05) is 4.81 Å². The van der Waals surface area contributed by atoms with E-state index in [1.54, 1.807) is 0 Å². The van der Waals surface area contributed by atoms with E-state index in [1.807, 2.05) is 0 Å². The first kappa shape index (κ1) is 17.5. The molecule has 0 atom stereocenters. The highest BCUT2D eigenvalue weighted by Crippen LogP contribution is 2.23. The lowest BCUT2D eigenvalue weighted by Crippen LogP contribution is -2.32. The Morgan fingerprint density at radius 2 is 0.864 bits per heavy atom. The van der Waals surface area contributed by atoms with Crippen LogP contribution in [0.2, 0.25) is 0 Å². The average Bonchev–Trinajstić information content (AvgIpc) is 2.55. The number of nitrogens with zero attached hydrogens (tertiary/aromatic N) is 1. The van der Waals surface area contributed by atoms with E-state index in [-0.39, 0.29) is 11.0 Å². The Hall–Kier alpha value is -2.56. The molecular weight excluding hydrogens is 273 g/mol. The molecule has 0 saturated carbocycles. The van der Waals surface area contributed by atoms with Crippen molar-refractivity contribution in [1.82, 2.24) is 0 Å². The summed E-state index contributed by atoms with van der Waals surface area (Å²) in [7, 11) is 0.870. The second kappa shape index (κ2) is 8.67.